The van der Waals surface area contributed by atoms with E-state index in [0.29, 0.717) is 5.56 Å². The van der Waals surface area contributed by atoms with Crippen LogP contribution in [0.15, 0.2) is 52.9 Å². The second-order valence-corrected chi connectivity index (χ2v) is 11.7. The number of furan rings is 1. The van der Waals surface area contributed by atoms with E-state index in [-0.39, 0.29) is 57.2 Å². The van der Waals surface area contributed by atoms with Crippen LogP contribution in [0.1, 0.15) is 53.5 Å². The highest BCUT2D eigenvalue weighted by Crippen LogP contribution is 2.41. The van der Waals surface area contributed by atoms with Gasteiger partial charge in [-0.1, -0.05) is 49.7 Å². The minimum atomic E-state index is -5.84. The topological polar surface area (TPSA) is 117 Å². The molecule has 0 radical (unpaired) electrons. The molecule has 2 aromatic carbocycles. The van der Waals surface area contributed by atoms with E-state index >= 15 is 0 Å². The number of hydrogen-bond acceptors (Lipinski definition) is 7. The molecular weight excluding hydrogens is 623 g/mol. The van der Waals surface area contributed by atoms with Gasteiger partial charge >= 0.3 is 12.1 Å². The summed E-state index contributed by atoms with van der Waals surface area (Å²) < 4.78 is 78.8. The second-order valence-electron chi connectivity index (χ2n) is 11.7. The lowest BCUT2D eigenvalue weighted by Crippen LogP contribution is -2.42. The van der Waals surface area contributed by atoms with Crippen LogP contribution in [0, 0.1) is 29.6 Å². The van der Waals surface area contributed by atoms with E-state index in [4.69, 9.17) is 9.15 Å². The first kappa shape index (κ1) is 34.9. The normalized spacial score (nSPS) is 13.3. The molecule has 8 nitrogen and oxygen atoms in total. The van der Waals surface area contributed by atoms with Gasteiger partial charge in [-0.25, -0.2) is 0 Å². The molecule has 2 aromatic heterocycles. The standard InChI is InChI=1S/C34H33F5N4O4/c1-18(2)32(4,16-40)15-25(44)23-13-21(11-12-26(23)46-6)22-14-24-27(30(45)41-5)28(20-9-7-19(3)8-10-20)47-31(24)43-29(22)42-17-33(35,36)34(37,38)39/h7-14,18H,15,17H2,1-6H3,(H,41,45)(H,42,43). The fourth-order valence-corrected chi connectivity index (χ4v) is 4.83. The summed E-state index contributed by atoms with van der Waals surface area (Å²) in [4.78, 5) is 31.0. The maximum Gasteiger partial charge on any atom is 0.455 e. The van der Waals surface area contributed by atoms with Crippen molar-refractivity contribution in [2.75, 3.05) is 26.0 Å². The molecule has 0 bridgehead atoms. The molecule has 4 aromatic rings. The number of amides is 1. The summed E-state index contributed by atoms with van der Waals surface area (Å²) in [5.41, 5.74) is 0.488. The number of Topliss-reactive ketones (excluding diaryl/α,β-unsaturated/α-hetero) is 1. The number of carbonyl (C=O) groups excluding carboxylic acids is 2. The molecule has 0 saturated heterocycles. The Morgan fingerprint density at radius 2 is 1.68 bits per heavy atom. The predicted octanol–water partition coefficient (Wildman–Crippen LogP) is 8.21. The van der Waals surface area contributed by atoms with Crippen LogP contribution in [-0.4, -0.2) is 49.5 Å². The van der Waals surface area contributed by atoms with E-state index in [1.54, 1.807) is 45.0 Å². The number of nitrogens with one attached hydrogen (secondary N) is 2. The highest BCUT2D eigenvalue weighted by Gasteiger charge is 2.57. The molecule has 47 heavy (non-hydrogen) atoms. The molecule has 0 aliphatic heterocycles. The molecule has 2 N–H and O–H groups in total. The van der Waals surface area contributed by atoms with Crippen molar-refractivity contribution in [2.24, 2.45) is 11.3 Å². The maximum atomic E-state index is 14.1. The molecule has 0 saturated carbocycles. The number of aryl methyl sites for hydroxylation is 1. The smallest absolute Gasteiger partial charge is 0.455 e. The number of pyridine rings is 1. The number of methoxy groups -OCH3 is 1. The zero-order chi connectivity index (χ0) is 34.9. The number of halogens is 5. The molecule has 13 heteroatoms. The summed E-state index contributed by atoms with van der Waals surface area (Å²) in [5.74, 6) is -6.48. The van der Waals surface area contributed by atoms with Crippen LogP contribution in [-0.2, 0) is 0 Å². The number of nitriles is 1. The van der Waals surface area contributed by atoms with E-state index in [9.17, 15) is 36.8 Å². The van der Waals surface area contributed by atoms with Crippen LogP contribution in [0.25, 0.3) is 33.6 Å². The van der Waals surface area contributed by atoms with Crippen molar-refractivity contribution in [1.29, 1.82) is 5.26 Å². The van der Waals surface area contributed by atoms with Crippen LogP contribution in [0.2, 0.25) is 0 Å². The minimum absolute atomic E-state index is 0.000455. The monoisotopic (exact) mass is 656 g/mol. The average molecular weight is 657 g/mol. The number of nitrogens with zero attached hydrogens (tertiary/aromatic N) is 2. The molecule has 0 spiro atoms. The van der Waals surface area contributed by atoms with Crippen molar-refractivity contribution in [3.05, 3.63) is 65.2 Å². The van der Waals surface area contributed by atoms with Crippen molar-refractivity contribution in [3.63, 3.8) is 0 Å². The summed E-state index contributed by atoms with van der Waals surface area (Å²) in [6.45, 7) is 5.27. The molecular formula is C34H33F5N4O4. The zero-order valence-corrected chi connectivity index (χ0v) is 26.5. The zero-order valence-electron chi connectivity index (χ0n) is 26.5. The van der Waals surface area contributed by atoms with Crippen molar-refractivity contribution < 1.29 is 40.7 Å². The number of fused-ring (bicyclic) bond motifs is 1. The highest BCUT2D eigenvalue weighted by molar-refractivity contribution is 6.12. The molecule has 0 aliphatic rings. The quantitative estimate of drug-likeness (QED) is 0.123. The van der Waals surface area contributed by atoms with E-state index in [1.807, 2.05) is 6.92 Å². The number of anilines is 1. The Kier molecular flexibility index (Phi) is 9.66. The molecule has 0 aliphatic carbocycles. The van der Waals surface area contributed by atoms with Crippen LogP contribution in [0.4, 0.5) is 27.8 Å². The van der Waals surface area contributed by atoms with Crippen LogP contribution >= 0.6 is 0 Å². The Morgan fingerprint density at radius 3 is 2.23 bits per heavy atom. The summed E-state index contributed by atoms with van der Waals surface area (Å²) in [6, 6.07) is 14.8. The molecule has 1 unspecified atom stereocenters. The third kappa shape index (κ3) is 6.91. The van der Waals surface area contributed by atoms with Gasteiger partial charge in [-0.3, -0.25) is 9.59 Å². The first-order valence-electron chi connectivity index (χ1n) is 14.5. The van der Waals surface area contributed by atoms with Gasteiger partial charge in [0.2, 0.25) is 5.71 Å². The number of carbonyl (C=O) groups is 2. The lowest BCUT2D eigenvalue weighted by molar-refractivity contribution is -0.275. The van der Waals surface area contributed by atoms with Crippen LogP contribution in [0.3, 0.4) is 0 Å². The van der Waals surface area contributed by atoms with E-state index in [1.165, 1.54) is 38.4 Å². The molecule has 1 atom stereocenters. The number of alkyl halides is 5. The molecule has 248 valence electrons. The van der Waals surface area contributed by atoms with Crippen molar-refractivity contribution >= 4 is 28.6 Å². The first-order chi connectivity index (χ1) is 22.0. The lowest BCUT2D eigenvalue weighted by Gasteiger charge is -2.25. The Hall–Kier alpha value is -4.99. The van der Waals surface area contributed by atoms with Gasteiger partial charge in [-0.15, -0.1) is 0 Å². The number of rotatable bonds is 11. The lowest BCUT2D eigenvalue weighted by atomic mass is 9.75. The van der Waals surface area contributed by atoms with Gasteiger partial charge in [0, 0.05) is 24.6 Å². The minimum Gasteiger partial charge on any atom is -0.496 e. The molecule has 2 heterocycles. The third-order valence-corrected chi connectivity index (χ3v) is 8.21. The highest BCUT2D eigenvalue weighted by atomic mass is 19.4. The number of benzene rings is 2. The number of ether oxygens (including phenoxy) is 1. The fourth-order valence-electron chi connectivity index (χ4n) is 4.83. The number of ketones is 1. The predicted molar refractivity (Wildman–Crippen MR) is 167 cm³/mol. The van der Waals surface area contributed by atoms with Gasteiger partial charge in [0.25, 0.3) is 5.91 Å². The van der Waals surface area contributed by atoms with Crippen molar-refractivity contribution in [3.8, 4) is 34.3 Å². The van der Waals surface area contributed by atoms with Gasteiger partial charge in [0.15, 0.2) is 5.78 Å². The Morgan fingerprint density at radius 1 is 1.04 bits per heavy atom. The average Bonchev–Trinajstić information content (AvgIpc) is 3.40. The van der Waals surface area contributed by atoms with Gasteiger partial charge < -0.3 is 19.8 Å². The van der Waals surface area contributed by atoms with Crippen LogP contribution in [0.5, 0.6) is 5.75 Å². The van der Waals surface area contributed by atoms with E-state index in [2.05, 4.69) is 21.7 Å². The summed E-state index contributed by atoms with van der Waals surface area (Å²) >= 11 is 0. The van der Waals surface area contributed by atoms with Gasteiger partial charge in [-0.2, -0.15) is 32.2 Å². The number of aromatic nitrogens is 1. The van der Waals surface area contributed by atoms with E-state index in [0.717, 1.165) is 5.56 Å². The van der Waals surface area contributed by atoms with Gasteiger partial charge in [0.05, 0.1) is 41.7 Å². The largest absolute Gasteiger partial charge is 0.496 e. The Labute approximate surface area is 267 Å². The maximum absolute atomic E-state index is 14.1. The first-order valence-corrected chi connectivity index (χ1v) is 14.5. The summed E-state index contributed by atoms with van der Waals surface area (Å²) in [7, 11) is 2.74. The van der Waals surface area contributed by atoms with Gasteiger partial charge in [-0.05, 0) is 43.5 Å². The second kappa shape index (κ2) is 13.0. The third-order valence-electron chi connectivity index (χ3n) is 8.21. The molecule has 1 amide bonds. The Balaban J connectivity index is 1.98. The molecule has 4 rings (SSSR count). The van der Waals surface area contributed by atoms with Crippen LogP contribution < -0.4 is 15.4 Å². The van der Waals surface area contributed by atoms with Gasteiger partial charge in [0.1, 0.15) is 17.3 Å². The summed E-state index contributed by atoms with van der Waals surface area (Å²) in [6.07, 6.45) is -6.02. The Bertz CT molecular complexity index is 1860. The van der Waals surface area contributed by atoms with Crippen molar-refractivity contribution in [2.45, 2.75) is 46.2 Å². The fraction of sp³-hybridized carbons (Fsp3) is 0.353. The van der Waals surface area contributed by atoms with Crippen molar-refractivity contribution in [1.82, 2.24) is 10.3 Å². The SMILES string of the molecule is CNC(=O)c1c(-c2ccc(C)cc2)oc2nc(NCC(F)(F)C(F)(F)F)c(-c3ccc(OC)c(C(=O)CC(C)(C#N)C(C)C)c3)cc12. The summed E-state index contributed by atoms with van der Waals surface area (Å²) in [5, 5.41) is 14.6. The van der Waals surface area contributed by atoms with E-state index < -0.39 is 41.6 Å². The number of hydrogen-bond donors (Lipinski definition) is 2. The molecule has 0 fully saturated rings.